The fourth-order valence-electron chi connectivity index (χ4n) is 3.61. The quantitative estimate of drug-likeness (QED) is 0.476. The van der Waals surface area contributed by atoms with Crippen LogP contribution in [0.4, 0.5) is 26.2 Å². The molecule has 2 heterocycles. The highest BCUT2D eigenvalue weighted by molar-refractivity contribution is 5.98. The van der Waals surface area contributed by atoms with Crippen molar-refractivity contribution in [3.63, 3.8) is 0 Å². The zero-order valence-electron chi connectivity index (χ0n) is 15.9. The van der Waals surface area contributed by atoms with Crippen molar-refractivity contribution in [3.8, 4) is 0 Å². The summed E-state index contributed by atoms with van der Waals surface area (Å²) in [4.78, 5) is 16.1. The molecular formula is C18H21F2N9O. The van der Waals surface area contributed by atoms with Gasteiger partial charge in [-0.1, -0.05) is 18.9 Å². The van der Waals surface area contributed by atoms with E-state index in [-0.39, 0.29) is 35.1 Å². The van der Waals surface area contributed by atoms with E-state index in [1.165, 1.54) is 12.3 Å². The minimum absolute atomic E-state index is 0.0134. The predicted octanol–water partition coefficient (Wildman–Crippen LogP) is 2.14. The SMILES string of the molecule is NC(=O)c1nnc(N[C@@H]2CCCC[C@@H]2N)nc1Nc1cccc2c1cnn2C(F)F. The molecule has 0 saturated heterocycles. The van der Waals surface area contributed by atoms with Crippen LogP contribution in [0.3, 0.4) is 0 Å². The Bertz CT molecular complexity index is 1070. The maximum absolute atomic E-state index is 13.1. The molecule has 0 bridgehead atoms. The predicted molar refractivity (Wildman–Crippen MR) is 106 cm³/mol. The maximum Gasteiger partial charge on any atom is 0.333 e. The number of benzene rings is 1. The molecule has 6 N–H and O–H groups in total. The molecule has 1 aliphatic carbocycles. The number of rotatable bonds is 6. The number of nitrogens with one attached hydrogen (secondary N) is 2. The third-order valence-corrected chi connectivity index (χ3v) is 5.13. The van der Waals surface area contributed by atoms with Gasteiger partial charge in [-0.2, -0.15) is 18.9 Å². The topological polar surface area (TPSA) is 150 Å². The second kappa shape index (κ2) is 8.14. The van der Waals surface area contributed by atoms with E-state index in [1.807, 2.05) is 0 Å². The number of aromatic nitrogens is 5. The fourth-order valence-corrected chi connectivity index (χ4v) is 3.61. The Morgan fingerprint density at radius 2 is 2.03 bits per heavy atom. The molecule has 1 fully saturated rings. The highest BCUT2D eigenvalue weighted by atomic mass is 19.3. The number of halogens is 2. The van der Waals surface area contributed by atoms with Crippen LogP contribution in [0.15, 0.2) is 24.4 Å². The number of fused-ring (bicyclic) bond motifs is 1. The van der Waals surface area contributed by atoms with Crippen molar-refractivity contribution in [2.45, 2.75) is 44.3 Å². The lowest BCUT2D eigenvalue weighted by molar-refractivity contribution is 0.0615. The molecule has 0 radical (unpaired) electrons. The summed E-state index contributed by atoms with van der Waals surface area (Å²) in [5.74, 6) is -0.573. The number of alkyl halides is 2. The maximum atomic E-state index is 13.1. The molecule has 10 nitrogen and oxygen atoms in total. The Morgan fingerprint density at radius 1 is 1.23 bits per heavy atom. The summed E-state index contributed by atoms with van der Waals surface area (Å²) in [5.41, 5.74) is 12.0. The first-order valence-electron chi connectivity index (χ1n) is 9.52. The van der Waals surface area contributed by atoms with Crippen LogP contribution in [0.1, 0.15) is 42.7 Å². The standard InChI is InChI=1S/C18H21F2N9O/c19-17(20)29-13-7-3-6-11(9(13)8-23-29)24-16-14(15(22)30)27-28-18(26-16)25-12-5-2-1-4-10(12)21/h3,6-8,10,12,17H,1-2,4-5,21H2,(H2,22,30)(H2,24,25,26,28)/t10-,12+/m0/s1. The number of carbonyl (C=O) groups excluding carboxylic acids is 1. The second-order valence-corrected chi connectivity index (χ2v) is 7.13. The molecule has 2 atom stereocenters. The smallest absolute Gasteiger partial charge is 0.333 e. The molecule has 158 valence electrons. The Hall–Kier alpha value is -3.41. The Morgan fingerprint density at radius 3 is 2.77 bits per heavy atom. The van der Waals surface area contributed by atoms with Gasteiger partial charge in [-0.3, -0.25) is 4.79 Å². The zero-order valence-corrected chi connectivity index (χ0v) is 15.9. The van der Waals surface area contributed by atoms with Gasteiger partial charge in [-0.25, -0.2) is 4.68 Å². The first-order valence-corrected chi connectivity index (χ1v) is 9.52. The van der Waals surface area contributed by atoms with Crippen LogP contribution in [0, 0.1) is 0 Å². The van der Waals surface area contributed by atoms with E-state index < -0.39 is 12.5 Å². The number of anilines is 3. The number of nitrogens with zero attached hydrogens (tertiary/aromatic N) is 5. The summed E-state index contributed by atoms with van der Waals surface area (Å²) in [7, 11) is 0. The van der Waals surface area contributed by atoms with Gasteiger partial charge in [0, 0.05) is 17.5 Å². The van der Waals surface area contributed by atoms with Crippen LogP contribution in [0.5, 0.6) is 0 Å². The summed E-state index contributed by atoms with van der Waals surface area (Å²) >= 11 is 0. The van der Waals surface area contributed by atoms with Gasteiger partial charge in [0.05, 0.1) is 17.4 Å². The van der Waals surface area contributed by atoms with Crippen LogP contribution in [0.25, 0.3) is 10.9 Å². The summed E-state index contributed by atoms with van der Waals surface area (Å²) in [6.45, 7) is -2.78. The molecule has 0 unspecified atom stereocenters. The number of carbonyl (C=O) groups is 1. The van der Waals surface area contributed by atoms with E-state index >= 15 is 0 Å². The second-order valence-electron chi connectivity index (χ2n) is 7.13. The molecule has 1 aromatic carbocycles. The van der Waals surface area contributed by atoms with Crippen molar-refractivity contribution in [1.29, 1.82) is 0 Å². The minimum Gasteiger partial charge on any atom is -0.364 e. The van der Waals surface area contributed by atoms with Crippen molar-refractivity contribution in [2.75, 3.05) is 10.6 Å². The third kappa shape index (κ3) is 3.85. The Balaban J connectivity index is 1.67. The molecule has 30 heavy (non-hydrogen) atoms. The Labute approximate surface area is 170 Å². The van der Waals surface area contributed by atoms with Gasteiger partial charge in [0.1, 0.15) is 0 Å². The van der Waals surface area contributed by atoms with E-state index in [0.29, 0.717) is 15.8 Å². The summed E-state index contributed by atoms with van der Waals surface area (Å²) < 4.78 is 26.9. The van der Waals surface area contributed by atoms with Crippen molar-refractivity contribution in [3.05, 3.63) is 30.1 Å². The molecule has 1 aliphatic rings. The highest BCUT2D eigenvalue weighted by Crippen LogP contribution is 2.29. The monoisotopic (exact) mass is 417 g/mol. The molecule has 2 aromatic heterocycles. The van der Waals surface area contributed by atoms with Gasteiger partial charge in [0.2, 0.25) is 5.95 Å². The van der Waals surface area contributed by atoms with Crippen LogP contribution in [-0.2, 0) is 0 Å². The lowest BCUT2D eigenvalue weighted by Gasteiger charge is -2.29. The number of primary amides is 1. The fraction of sp³-hybridized carbons (Fsp3) is 0.389. The average Bonchev–Trinajstić information content (AvgIpc) is 3.15. The molecule has 1 saturated carbocycles. The number of hydrogen-bond donors (Lipinski definition) is 4. The van der Waals surface area contributed by atoms with E-state index in [0.717, 1.165) is 25.7 Å². The lowest BCUT2D eigenvalue weighted by Crippen LogP contribution is -2.43. The average molecular weight is 417 g/mol. The van der Waals surface area contributed by atoms with E-state index in [1.54, 1.807) is 12.1 Å². The molecule has 3 aromatic rings. The van der Waals surface area contributed by atoms with Crippen LogP contribution in [0.2, 0.25) is 0 Å². The van der Waals surface area contributed by atoms with Gasteiger partial charge in [0.15, 0.2) is 11.5 Å². The van der Waals surface area contributed by atoms with Gasteiger partial charge in [-0.05, 0) is 25.0 Å². The minimum atomic E-state index is -2.78. The van der Waals surface area contributed by atoms with Crippen molar-refractivity contribution < 1.29 is 13.6 Å². The lowest BCUT2D eigenvalue weighted by atomic mass is 9.91. The molecule has 4 rings (SSSR count). The number of amides is 1. The summed E-state index contributed by atoms with van der Waals surface area (Å²) in [6.07, 6.45) is 5.19. The van der Waals surface area contributed by atoms with Gasteiger partial charge in [-0.15, -0.1) is 10.2 Å². The summed E-state index contributed by atoms with van der Waals surface area (Å²) in [5, 5.41) is 18.1. The van der Waals surface area contributed by atoms with Crippen LogP contribution in [-0.4, -0.2) is 43.0 Å². The normalized spacial score (nSPS) is 19.2. The van der Waals surface area contributed by atoms with Crippen molar-refractivity contribution >= 4 is 34.3 Å². The third-order valence-electron chi connectivity index (χ3n) is 5.13. The molecule has 12 heteroatoms. The Kier molecular flexibility index (Phi) is 5.40. The van der Waals surface area contributed by atoms with E-state index in [9.17, 15) is 13.6 Å². The van der Waals surface area contributed by atoms with Crippen LogP contribution < -0.4 is 22.1 Å². The number of nitrogens with two attached hydrogens (primary N) is 2. The molecule has 0 aliphatic heterocycles. The van der Waals surface area contributed by atoms with Gasteiger partial charge in [0.25, 0.3) is 5.91 Å². The van der Waals surface area contributed by atoms with E-state index in [2.05, 4.69) is 30.9 Å². The number of hydrogen-bond acceptors (Lipinski definition) is 8. The van der Waals surface area contributed by atoms with Gasteiger partial charge >= 0.3 is 6.55 Å². The molecular weight excluding hydrogens is 396 g/mol. The van der Waals surface area contributed by atoms with E-state index in [4.69, 9.17) is 11.5 Å². The highest BCUT2D eigenvalue weighted by Gasteiger charge is 2.24. The van der Waals surface area contributed by atoms with Crippen LogP contribution >= 0.6 is 0 Å². The summed E-state index contributed by atoms with van der Waals surface area (Å²) in [6, 6.07) is 4.70. The first kappa shape index (κ1) is 19.9. The largest absolute Gasteiger partial charge is 0.364 e. The van der Waals surface area contributed by atoms with Gasteiger partial charge < -0.3 is 22.1 Å². The van der Waals surface area contributed by atoms with Crippen molar-refractivity contribution in [1.82, 2.24) is 25.0 Å². The molecule has 1 amide bonds. The zero-order chi connectivity index (χ0) is 21.3. The first-order chi connectivity index (χ1) is 14.4. The van der Waals surface area contributed by atoms with Crippen molar-refractivity contribution in [2.24, 2.45) is 11.5 Å². The molecule has 0 spiro atoms.